The molecule has 7 nitrogen and oxygen atoms in total. The molecular formula is C24H32O7. The van der Waals surface area contributed by atoms with E-state index in [1.54, 1.807) is 12.1 Å². The molecule has 0 spiro atoms. The highest BCUT2D eigenvalue weighted by atomic mass is 16.6. The average molecular weight is 433 g/mol. The second-order valence-electron chi connectivity index (χ2n) is 8.77. The number of hydrogen-bond acceptors (Lipinski definition) is 7. The number of phenolic OH excluding ortho intramolecular Hbond substituents is 1. The van der Waals surface area contributed by atoms with Crippen LogP contribution in [-0.2, 0) is 10.2 Å². The molecule has 0 aromatic heterocycles. The molecule has 0 aliphatic carbocycles. The van der Waals surface area contributed by atoms with Gasteiger partial charge in [0.25, 0.3) is 0 Å². The predicted molar refractivity (Wildman–Crippen MR) is 115 cm³/mol. The molecule has 7 heteroatoms. The number of aliphatic hydroxyl groups is 4. The Morgan fingerprint density at radius 2 is 1.35 bits per heavy atom. The first kappa shape index (κ1) is 23.5. The molecule has 3 rings (SSSR count). The van der Waals surface area contributed by atoms with Gasteiger partial charge in [-0.05, 0) is 35.4 Å². The fraction of sp³-hybridized carbons (Fsp3) is 0.500. The van der Waals surface area contributed by atoms with Gasteiger partial charge in [0.15, 0.2) is 0 Å². The van der Waals surface area contributed by atoms with Gasteiger partial charge in [-0.15, -0.1) is 0 Å². The Morgan fingerprint density at radius 3 is 1.77 bits per heavy atom. The Bertz CT molecular complexity index is 816. The molecule has 170 valence electrons. The van der Waals surface area contributed by atoms with Crippen LogP contribution in [0.4, 0.5) is 0 Å². The van der Waals surface area contributed by atoms with Crippen molar-refractivity contribution in [2.24, 2.45) is 0 Å². The van der Waals surface area contributed by atoms with E-state index in [0.717, 1.165) is 11.1 Å². The molecule has 3 unspecified atom stereocenters. The summed E-state index contributed by atoms with van der Waals surface area (Å²) in [4.78, 5) is 0. The SMILES string of the molecule is CC(C)(c1ccc(O)cc1)c1ccc(OC(CC(O)CO)(CC(O)CO)C2CO2)cc1. The van der Waals surface area contributed by atoms with E-state index in [4.69, 9.17) is 9.47 Å². The Kier molecular flexibility index (Phi) is 7.24. The quantitative estimate of drug-likeness (QED) is 0.343. The third-order valence-electron chi connectivity index (χ3n) is 5.99. The molecule has 0 amide bonds. The lowest BCUT2D eigenvalue weighted by atomic mass is 9.78. The summed E-state index contributed by atoms with van der Waals surface area (Å²) in [5.41, 5.74) is 0.725. The van der Waals surface area contributed by atoms with Crippen molar-refractivity contribution in [1.82, 2.24) is 0 Å². The molecule has 1 heterocycles. The second kappa shape index (κ2) is 9.54. The van der Waals surface area contributed by atoms with Gasteiger partial charge in [0.1, 0.15) is 23.2 Å². The molecular weight excluding hydrogens is 400 g/mol. The summed E-state index contributed by atoms with van der Waals surface area (Å²) in [7, 11) is 0. The molecule has 2 aromatic carbocycles. The van der Waals surface area contributed by atoms with Gasteiger partial charge in [0.05, 0.1) is 32.0 Å². The van der Waals surface area contributed by atoms with Gasteiger partial charge in [0.2, 0.25) is 0 Å². The minimum absolute atomic E-state index is 0.0615. The predicted octanol–water partition coefficient (Wildman–Crippen LogP) is 1.72. The van der Waals surface area contributed by atoms with Crippen LogP contribution in [0.3, 0.4) is 0 Å². The van der Waals surface area contributed by atoms with Gasteiger partial charge >= 0.3 is 0 Å². The lowest BCUT2D eigenvalue weighted by molar-refractivity contribution is -0.0607. The van der Waals surface area contributed by atoms with E-state index in [1.807, 2.05) is 36.4 Å². The second-order valence-corrected chi connectivity index (χ2v) is 8.77. The molecule has 1 aliphatic rings. The zero-order valence-corrected chi connectivity index (χ0v) is 17.9. The maximum Gasteiger partial charge on any atom is 0.142 e. The highest BCUT2D eigenvalue weighted by molar-refractivity contribution is 5.41. The summed E-state index contributed by atoms with van der Waals surface area (Å²) in [5.74, 6) is 0.758. The molecule has 2 aromatic rings. The van der Waals surface area contributed by atoms with Crippen LogP contribution in [0, 0.1) is 0 Å². The molecule has 0 radical (unpaired) electrons. The lowest BCUT2D eigenvalue weighted by Crippen LogP contribution is -2.48. The van der Waals surface area contributed by atoms with Crippen LogP contribution in [0.15, 0.2) is 48.5 Å². The van der Waals surface area contributed by atoms with Gasteiger partial charge in [-0.1, -0.05) is 38.1 Å². The van der Waals surface area contributed by atoms with Crippen LogP contribution in [0.1, 0.15) is 37.8 Å². The normalized spacial score (nSPS) is 20.0. The largest absolute Gasteiger partial charge is 0.508 e. The van der Waals surface area contributed by atoms with Crippen molar-refractivity contribution in [2.45, 2.75) is 56.0 Å². The maximum atomic E-state index is 10.1. The highest BCUT2D eigenvalue weighted by Crippen LogP contribution is 2.39. The third-order valence-corrected chi connectivity index (χ3v) is 5.99. The highest BCUT2D eigenvalue weighted by Gasteiger charge is 2.51. The number of ether oxygens (including phenoxy) is 2. The number of hydrogen-bond donors (Lipinski definition) is 5. The number of phenols is 1. The first-order valence-corrected chi connectivity index (χ1v) is 10.5. The monoisotopic (exact) mass is 432 g/mol. The van der Waals surface area contributed by atoms with E-state index in [0.29, 0.717) is 12.4 Å². The van der Waals surface area contributed by atoms with E-state index < -0.39 is 31.0 Å². The van der Waals surface area contributed by atoms with Crippen molar-refractivity contribution in [1.29, 1.82) is 0 Å². The minimum atomic E-state index is -1.07. The van der Waals surface area contributed by atoms with Gasteiger partial charge in [-0.2, -0.15) is 0 Å². The fourth-order valence-electron chi connectivity index (χ4n) is 3.99. The summed E-state index contributed by atoms with van der Waals surface area (Å²) in [6, 6.07) is 14.7. The lowest BCUT2D eigenvalue weighted by Gasteiger charge is -2.36. The number of rotatable bonds is 11. The van der Waals surface area contributed by atoms with E-state index >= 15 is 0 Å². The summed E-state index contributed by atoms with van der Waals surface area (Å²) in [6.07, 6.45) is -2.30. The number of benzene rings is 2. The van der Waals surface area contributed by atoms with Crippen molar-refractivity contribution >= 4 is 0 Å². The smallest absolute Gasteiger partial charge is 0.142 e. The van der Waals surface area contributed by atoms with Gasteiger partial charge in [0, 0.05) is 18.3 Å². The standard InChI is InChI=1S/C24H32O7/c1-23(2,16-3-7-18(27)8-4-16)17-5-9-21(10-6-17)31-24(22-15-30-22,11-19(28)13-25)12-20(29)14-26/h3-10,19-20,22,25-29H,11-15H2,1-2H3. The Balaban J connectivity index is 1.84. The molecule has 0 bridgehead atoms. The van der Waals surface area contributed by atoms with Crippen molar-refractivity contribution < 1.29 is 35.0 Å². The molecule has 1 aliphatic heterocycles. The van der Waals surface area contributed by atoms with Crippen molar-refractivity contribution in [3.05, 3.63) is 59.7 Å². The van der Waals surface area contributed by atoms with Crippen LogP contribution in [0.2, 0.25) is 0 Å². The van der Waals surface area contributed by atoms with Gasteiger partial charge in [-0.3, -0.25) is 0 Å². The Hall–Kier alpha value is -2.16. The van der Waals surface area contributed by atoms with E-state index in [2.05, 4.69) is 13.8 Å². The van der Waals surface area contributed by atoms with Crippen LogP contribution < -0.4 is 4.74 Å². The molecule has 1 fully saturated rings. The van der Waals surface area contributed by atoms with Crippen LogP contribution in [-0.4, -0.2) is 69.3 Å². The summed E-state index contributed by atoms with van der Waals surface area (Å²) < 4.78 is 11.7. The minimum Gasteiger partial charge on any atom is -0.508 e. The molecule has 31 heavy (non-hydrogen) atoms. The number of aliphatic hydroxyl groups excluding tert-OH is 4. The fourth-order valence-corrected chi connectivity index (χ4v) is 3.99. The maximum absolute atomic E-state index is 10.1. The van der Waals surface area contributed by atoms with E-state index in [1.165, 1.54) is 0 Å². The van der Waals surface area contributed by atoms with Crippen molar-refractivity contribution in [3.63, 3.8) is 0 Å². The Morgan fingerprint density at radius 1 is 0.903 bits per heavy atom. The molecule has 1 saturated heterocycles. The first-order chi connectivity index (χ1) is 14.7. The van der Waals surface area contributed by atoms with Crippen LogP contribution in [0.5, 0.6) is 11.5 Å². The number of aromatic hydroxyl groups is 1. The molecule has 0 saturated carbocycles. The summed E-state index contributed by atoms with van der Waals surface area (Å²) in [6.45, 7) is 3.72. The zero-order valence-electron chi connectivity index (χ0n) is 17.9. The van der Waals surface area contributed by atoms with Crippen molar-refractivity contribution in [2.75, 3.05) is 19.8 Å². The zero-order chi connectivity index (χ0) is 22.6. The van der Waals surface area contributed by atoms with Crippen LogP contribution >= 0.6 is 0 Å². The molecule has 5 N–H and O–H groups in total. The number of epoxide rings is 1. The van der Waals surface area contributed by atoms with E-state index in [9.17, 15) is 25.5 Å². The summed E-state index contributed by atoms with van der Waals surface area (Å²) >= 11 is 0. The molecule has 3 atom stereocenters. The van der Waals surface area contributed by atoms with Gasteiger partial charge < -0.3 is 35.0 Å². The average Bonchev–Trinajstić information content (AvgIpc) is 3.60. The Labute approximate surface area is 182 Å². The summed E-state index contributed by atoms with van der Waals surface area (Å²) in [5, 5.41) is 48.4. The topological polar surface area (TPSA) is 123 Å². The van der Waals surface area contributed by atoms with Crippen LogP contribution in [0.25, 0.3) is 0 Å². The van der Waals surface area contributed by atoms with Gasteiger partial charge in [-0.25, -0.2) is 0 Å². The van der Waals surface area contributed by atoms with Crippen molar-refractivity contribution in [3.8, 4) is 11.5 Å². The first-order valence-electron chi connectivity index (χ1n) is 10.5. The third kappa shape index (κ3) is 5.56. The van der Waals surface area contributed by atoms with E-state index in [-0.39, 0.29) is 30.1 Å².